The molecule has 4 heteroatoms. The highest BCUT2D eigenvalue weighted by Gasteiger charge is 2.20. The van der Waals surface area contributed by atoms with Gasteiger partial charge in [0.2, 0.25) is 5.91 Å². The van der Waals surface area contributed by atoms with Crippen molar-refractivity contribution in [2.45, 2.75) is 25.8 Å². The maximum Gasteiger partial charge on any atom is 0.234 e. The average molecular weight is 287 g/mol. The predicted octanol–water partition coefficient (Wildman–Crippen LogP) is 2.17. The third-order valence-electron chi connectivity index (χ3n) is 3.82. The van der Waals surface area contributed by atoms with Crippen LogP contribution in [-0.2, 0) is 4.79 Å². The van der Waals surface area contributed by atoms with Crippen molar-refractivity contribution in [3.8, 4) is 0 Å². The molecule has 0 radical (unpaired) electrons. The number of nitrogens with one attached hydrogen (secondary N) is 2. The Balaban J connectivity index is 1.71. The lowest BCUT2D eigenvalue weighted by molar-refractivity contribution is -0.122. The van der Waals surface area contributed by atoms with Crippen LogP contribution in [0, 0.1) is 6.92 Å². The van der Waals surface area contributed by atoms with Crippen LogP contribution in [0.4, 0.5) is 5.69 Å². The summed E-state index contributed by atoms with van der Waals surface area (Å²) < 4.78 is 0. The van der Waals surface area contributed by atoms with Gasteiger partial charge in [0.1, 0.15) is 0 Å². The van der Waals surface area contributed by atoms with E-state index in [1.165, 1.54) is 11.3 Å². The highest BCUT2D eigenvalue weighted by molar-refractivity contribution is 5.78. The van der Waals surface area contributed by atoms with E-state index in [-0.39, 0.29) is 5.91 Å². The number of hydrogen-bond donors (Lipinski definition) is 2. The minimum absolute atomic E-state index is 0.0832. The summed E-state index contributed by atoms with van der Waals surface area (Å²) in [6.45, 7) is 8.66. The SMILES string of the molecule is C=CCNC(=O)CN1CCC(Nc2ccc(C)cc2)CC1. The molecule has 4 nitrogen and oxygen atoms in total. The van der Waals surface area contributed by atoms with Crippen LogP contribution < -0.4 is 10.6 Å². The van der Waals surface area contributed by atoms with Gasteiger partial charge in [0, 0.05) is 31.4 Å². The number of benzene rings is 1. The number of hydrogen-bond acceptors (Lipinski definition) is 3. The molecule has 1 aromatic carbocycles. The lowest BCUT2D eigenvalue weighted by atomic mass is 10.0. The maximum absolute atomic E-state index is 11.7. The van der Waals surface area contributed by atoms with Crippen molar-refractivity contribution in [1.29, 1.82) is 0 Å². The molecule has 0 spiro atoms. The molecule has 1 saturated heterocycles. The summed E-state index contributed by atoms with van der Waals surface area (Å²) in [6.07, 6.45) is 3.85. The number of nitrogens with zero attached hydrogens (tertiary/aromatic N) is 1. The Morgan fingerprint density at radius 3 is 2.62 bits per heavy atom. The predicted molar refractivity (Wildman–Crippen MR) is 87.5 cm³/mol. The molecule has 1 aliphatic rings. The van der Waals surface area contributed by atoms with E-state index in [0.717, 1.165) is 25.9 Å². The van der Waals surface area contributed by atoms with Crippen molar-refractivity contribution in [3.05, 3.63) is 42.5 Å². The molecule has 114 valence electrons. The number of amides is 1. The molecular formula is C17H25N3O. The first-order chi connectivity index (χ1) is 10.2. The molecule has 1 aliphatic heterocycles. The maximum atomic E-state index is 11.7. The summed E-state index contributed by atoms with van der Waals surface area (Å²) in [7, 11) is 0. The standard InChI is InChI=1S/C17H25N3O/c1-3-10-18-17(21)13-20-11-8-16(9-12-20)19-15-6-4-14(2)5-7-15/h3-7,16,19H,1,8-13H2,2H3,(H,18,21). The second-order valence-electron chi connectivity index (χ2n) is 5.65. The van der Waals surface area contributed by atoms with Gasteiger partial charge in [-0.05, 0) is 31.9 Å². The first kappa shape index (κ1) is 15.6. The van der Waals surface area contributed by atoms with Gasteiger partial charge >= 0.3 is 0 Å². The second kappa shape index (κ2) is 7.84. The Labute approximate surface area is 127 Å². The van der Waals surface area contributed by atoms with Gasteiger partial charge in [0.25, 0.3) is 0 Å². The molecule has 0 bridgehead atoms. The quantitative estimate of drug-likeness (QED) is 0.788. The normalized spacial score (nSPS) is 16.4. The minimum atomic E-state index is 0.0832. The number of carbonyl (C=O) groups excluding carboxylic acids is 1. The van der Waals surface area contributed by atoms with Crippen molar-refractivity contribution < 1.29 is 4.79 Å². The van der Waals surface area contributed by atoms with Gasteiger partial charge < -0.3 is 10.6 Å². The Kier molecular flexibility index (Phi) is 5.81. The monoisotopic (exact) mass is 287 g/mol. The summed E-state index contributed by atoms with van der Waals surface area (Å²) in [5.41, 5.74) is 2.46. The Hall–Kier alpha value is -1.81. The smallest absolute Gasteiger partial charge is 0.234 e. The molecule has 1 fully saturated rings. The highest BCUT2D eigenvalue weighted by Crippen LogP contribution is 2.16. The van der Waals surface area contributed by atoms with E-state index >= 15 is 0 Å². The van der Waals surface area contributed by atoms with Crippen LogP contribution in [-0.4, -0.2) is 43.0 Å². The van der Waals surface area contributed by atoms with Gasteiger partial charge in [-0.1, -0.05) is 23.8 Å². The summed E-state index contributed by atoms with van der Waals surface area (Å²) in [5.74, 6) is 0.0832. The first-order valence-corrected chi connectivity index (χ1v) is 7.60. The first-order valence-electron chi connectivity index (χ1n) is 7.60. The third kappa shape index (κ3) is 5.23. The molecule has 0 saturated carbocycles. The number of piperidine rings is 1. The zero-order valence-electron chi connectivity index (χ0n) is 12.8. The number of aryl methyl sites for hydroxylation is 1. The van der Waals surface area contributed by atoms with E-state index in [2.05, 4.69) is 53.3 Å². The Morgan fingerprint density at radius 1 is 1.33 bits per heavy atom. The summed E-state index contributed by atoms with van der Waals surface area (Å²) in [6, 6.07) is 9.01. The zero-order valence-corrected chi connectivity index (χ0v) is 12.8. The molecule has 0 atom stereocenters. The van der Waals surface area contributed by atoms with Crippen LogP contribution >= 0.6 is 0 Å². The van der Waals surface area contributed by atoms with Crippen LogP contribution in [0.2, 0.25) is 0 Å². The average Bonchev–Trinajstić information content (AvgIpc) is 2.49. The van der Waals surface area contributed by atoms with Crippen LogP contribution in [0.25, 0.3) is 0 Å². The molecule has 2 rings (SSSR count). The van der Waals surface area contributed by atoms with Crippen molar-refractivity contribution in [1.82, 2.24) is 10.2 Å². The molecule has 1 amide bonds. The third-order valence-corrected chi connectivity index (χ3v) is 3.82. The number of likely N-dealkylation sites (tertiary alicyclic amines) is 1. The van der Waals surface area contributed by atoms with Crippen molar-refractivity contribution in [3.63, 3.8) is 0 Å². The van der Waals surface area contributed by atoms with Crippen LogP contribution in [0.5, 0.6) is 0 Å². The van der Waals surface area contributed by atoms with Crippen molar-refractivity contribution in [2.75, 3.05) is 31.5 Å². The van der Waals surface area contributed by atoms with Crippen molar-refractivity contribution >= 4 is 11.6 Å². The van der Waals surface area contributed by atoms with Gasteiger partial charge in [-0.3, -0.25) is 9.69 Å². The van der Waals surface area contributed by atoms with E-state index in [1.54, 1.807) is 6.08 Å². The van der Waals surface area contributed by atoms with Crippen molar-refractivity contribution in [2.24, 2.45) is 0 Å². The van der Waals surface area contributed by atoms with Crippen LogP contribution in [0.15, 0.2) is 36.9 Å². The van der Waals surface area contributed by atoms with E-state index in [1.807, 2.05) is 0 Å². The van der Waals surface area contributed by atoms with Gasteiger partial charge in [0.05, 0.1) is 6.54 Å². The molecule has 1 heterocycles. The minimum Gasteiger partial charge on any atom is -0.382 e. The summed E-state index contributed by atoms with van der Waals surface area (Å²) in [5, 5.41) is 6.40. The van der Waals surface area contributed by atoms with Crippen LogP contribution in [0.1, 0.15) is 18.4 Å². The largest absolute Gasteiger partial charge is 0.382 e. The Bertz CT molecular complexity index is 461. The molecular weight excluding hydrogens is 262 g/mol. The number of rotatable bonds is 6. The lowest BCUT2D eigenvalue weighted by Gasteiger charge is -2.32. The Morgan fingerprint density at radius 2 is 2.00 bits per heavy atom. The van der Waals surface area contributed by atoms with E-state index < -0.39 is 0 Å². The van der Waals surface area contributed by atoms with E-state index in [9.17, 15) is 4.79 Å². The molecule has 2 N–H and O–H groups in total. The molecule has 0 aromatic heterocycles. The molecule has 0 unspecified atom stereocenters. The fourth-order valence-electron chi connectivity index (χ4n) is 2.57. The fraction of sp³-hybridized carbons (Fsp3) is 0.471. The van der Waals surface area contributed by atoms with E-state index in [0.29, 0.717) is 19.1 Å². The second-order valence-corrected chi connectivity index (χ2v) is 5.65. The van der Waals surface area contributed by atoms with Gasteiger partial charge in [0.15, 0.2) is 0 Å². The molecule has 21 heavy (non-hydrogen) atoms. The molecule has 1 aromatic rings. The summed E-state index contributed by atoms with van der Waals surface area (Å²) >= 11 is 0. The number of anilines is 1. The van der Waals surface area contributed by atoms with Gasteiger partial charge in [-0.15, -0.1) is 6.58 Å². The molecule has 0 aliphatic carbocycles. The number of carbonyl (C=O) groups is 1. The highest BCUT2D eigenvalue weighted by atomic mass is 16.2. The van der Waals surface area contributed by atoms with E-state index in [4.69, 9.17) is 0 Å². The topological polar surface area (TPSA) is 44.4 Å². The lowest BCUT2D eigenvalue weighted by Crippen LogP contribution is -2.44. The fourth-order valence-corrected chi connectivity index (χ4v) is 2.57. The summed E-state index contributed by atoms with van der Waals surface area (Å²) in [4.78, 5) is 13.9. The van der Waals surface area contributed by atoms with Gasteiger partial charge in [-0.2, -0.15) is 0 Å². The van der Waals surface area contributed by atoms with Crippen LogP contribution in [0.3, 0.4) is 0 Å². The zero-order chi connectivity index (χ0) is 15.1. The van der Waals surface area contributed by atoms with Gasteiger partial charge in [-0.25, -0.2) is 0 Å².